The van der Waals surface area contributed by atoms with Gasteiger partial charge in [0.1, 0.15) is 16.8 Å². The Labute approximate surface area is 140 Å². The van der Waals surface area contributed by atoms with Gasteiger partial charge in [0.25, 0.3) is 10.1 Å². The molecule has 0 bridgehead atoms. The van der Waals surface area contributed by atoms with E-state index in [0.717, 1.165) is 24.3 Å². The zero-order chi connectivity index (χ0) is 17.5. The molecule has 2 aromatic rings. The van der Waals surface area contributed by atoms with Gasteiger partial charge in [-0.2, -0.15) is 13.4 Å². The molecule has 0 amide bonds. The predicted molar refractivity (Wildman–Crippen MR) is 87.8 cm³/mol. The first-order chi connectivity index (χ1) is 11.2. The lowest BCUT2D eigenvalue weighted by atomic mass is 9.87. The van der Waals surface area contributed by atoms with Gasteiger partial charge in [-0.05, 0) is 24.6 Å². The minimum Gasteiger partial charge on any atom is -0.430 e. The van der Waals surface area contributed by atoms with Crippen molar-refractivity contribution < 1.29 is 17.4 Å². The van der Waals surface area contributed by atoms with Gasteiger partial charge >= 0.3 is 6.01 Å². The molecule has 0 aliphatic carbocycles. The number of oxazole rings is 1. The first-order valence-electron chi connectivity index (χ1n) is 7.44. The Balaban J connectivity index is 2.18. The topological polar surface area (TPSA) is 108 Å². The second-order valence-electron chi connectivity index (χ2n) is 6.22. The van der Waals surface area contributed by atoms with E-state index in [1.165, 1.54) is 18.5 Å². The van der Waals surface area contributed by atoms with Crippen LogP contribution in [0.3, 0.4) is 0 Å². The molecule has 0 saturated heterocycles. The van der Waals surface area contributed by atoms with E-state index in [4.69, 9.17) is 4.42 Å². The van der Waals surface area contributed by atoms with Crippen molar-refractivity contribution in [3.8, 4) is 0 Å². The van der Waals surface area contributed by atoms with Crippen molar-refractivity contribution in [1.82, 2.24) is 4.98 Å². The van der Waals surface area contributed by atoms with Gasteiger partial charge in [-0.1, -0.05) is 19.0 Å². The molecule has 0 atom stereocenters. The van der Waals surface area contributed by atoms with Gasteiger partial charge in [-0.15, -0.1) is 5.11 Å². The number of azo groups is 1. The second-order valence-corrected chi connectivity index (χ2v) is 7.61. The third-order valence-corrected chi connectivity index (χ3v) is 4.94. The number of nitrogens with zero attached hydrogens (tertiary/aromatic N) is 4. The van der Waals surface area contributed by atoms with E-state index in [1.807, 2.05) is 6.92 Å². The molecule has 128 valence electrons. The van der Waals surface area contributed by atoms with Gasteiger partial charge in [-0.3, -0.25) is 4.55 Å². The lowest BCUT2D eigenvalue weighted by Gasteiger charge is -2.20. The average Bonchev–Trinajstić information content (AvgIpc) is 3.10. The molecule has 3 rings (SSSR count). The molecule has 2 heterocycles. The molecule has 0 fully saturated rings. The fourth-order valence-corrected chi connectivity index (χ4v) is 3.56. The Hall–Kier alpha value is -2.26. The van der Waals surface area contributed by atoms with Crippen LogP contribution in [0.1, 0.15) is 26.3 Å². The lowest BCUT2D eigenvalue weighted by molar-refractivity contribution is 0.483. The summed E-state index contributed by atoms with van der Waals surface area (Å²) in [5.41, 5.74) is 1.62. The van der Waals surface area contributed by atoms with Crippen molar-refractivity contribution >= 4 is 27.5 Å². The van der Waals surface area contributed by atoms with Crippen LogP contribution in [0.5, 0.6) is 0 Å². The van der Waals surface area contributed by atoms with Gasteiger partial charge in [0.05, 0.1) is 6.20 Å². The third kappa shape index (κ3) is 2.92. The summed E-state index contributed by atoms with van der Waals surface area (Å²) >= 11 is 0. The molecule has 24 heavy (non-hydrogen) atoms. The van der Waals surface area contributed by atoms with E-state index in [2.05, 4.69) is 34.0 Å². The smallest absolute Gasteiger partial charge is 0.340 e. The molecule has 0 spiro atoms. The number of fused-ring (bicyclic) bond motifs is 1. The van der Waals surface area contributed by atoms with E-state index in [1.54, 1.807) is 6.07 Å². The van der Waals surface area contributed by atoms with Gasteiger partial charge in [-0.25, -0.2) is 0 Å². The van der Waals surface area contributed by atoms with Crippen molar-refractivity contribution in [3.63, 3.8) is 0 Å². The Morgan fingerprint density at radius 1 is 1.38 bits per heavy atom. The molecule has 1 aromatic carbocycles. The maximum absolute atomic E-state index is 11.8. The van der Waals surface area contributed by atoms with E-state index in [0.29, 0.717) is 0 Å². The summed E-state index contributed by atoms with van der Waals surface area (Å²) < 4.78 is 38.1. The van der Waals surface area contributed by atoms with Crippen LogP contribution in [0.15, 0.2) is 44.1 Å². The number of rotatable bonds is 4. The number of anilines is 1. The first-order valence-corrected chi connectivity index (χ1v) is 8.88. The number of hydrogen-bond donors (Lipinski definition) is 1. The van der Waals surface area contributed by atoms with Crippen molar-refractivity contribution in [1.29, 1.82) is 0 Å². The molecule has 1 N–H and O–H groups in total. The summed E-state index contributed by atoms with van der Waals surface area (Å²) in [6.45, 7) is 7.63. The highest BCUT2D eigenvalue weighted by atomic mass is 32.2. The van der Waals surface area contributed by atoms with E-state index < -0.39 is 10.1 Å². The van der Waals surface area contributed by atoms with Crippen LogP contribution in [0.4, 0.5) is 17.4 Å². The number of benzene rings is 1. The molecule has 9 heteroatoms. The Kier molecular flexibility index (Phi) is 3.92. The highest BCUT2D eigenvalue weighted by molar-refractivity contribution is 7.86. The van der Waals surface area contributed by atoms with Crippen molar-refractivity contribution in [2.24, 2.45) is 10.2 Å². The van der Waals surface area contributed by atoms with Crippen LogP contribution < -0.4 is 4.90 Å². The van der Waals surface area contributed by atoms with Gasteiger partial charge < -0.3 is 9.32 Å². The summed E-state index contributed by atoms with van der Waals surface area (Å²) in [7, 11) is -4.45. The highest BCUT2D eigenvalue weighted by Crippen LogP contribution is 2.44. The zero-order valence-electron chi connectivity index (χ0n) is 13.6. The molecule has 1 aliphatic rings. The van der Waals surface area contributed by atoms with Crippen LogP contribution in [0.2, 0.25) is 0 Å². The average molecular weight is 350 g/mol. The van der Waals surface area contributed by atoms with E-state index in [9.17, 15) is 13.0 Å². The first kappa shape index (κ1) is 16.6. The number of aromatic nitrogens is 1. The van der Waals surface area contributed by atoms with Crippen LogP contribution in [0.25, 0.3) is 0 Å². The van der Waals surface area contributed by atoms with E-state index in [-0.39, 0.29) is 22.0 Å². The maximum Gasteiger partial charge on any atom is 0.340 e. The fraction of sp³-hybridized carbons (Fsp3) is 0.400. The lowest BCUT2D eigenvalue weighted by Crippen LogP contribution is -2.28. The summed E-state index contributed by atoms with van der Waals surface area (Å²) in [6.07, 6.45) is 2.74. The minimum atomic E-state index is -4.45. The molecular weight excluding hydrogens is 332 g/mol. The standard InChI is InChI=1S/C15H18N4O4S/c1-4-19-9-15(2,3)10-7-11(17-18-14-16-5-6-23-14)13(8-12(10)19)24(20,21)22/h5-8H,4,9H2,1-3H3,(H,20,21,22). The predicted octanol–water partition coefficient (Wildman–Crippen LogP) is 3.45. The molecule has 1 aromatic heterocycles. The normalized spacial score (nSPS) is 16.8. The largest absolute Gasteiger partial charge is 0.430 e. The van der Waals surface area contributed by atoms with Crippen LogP contribution in [0, 0.1) is 0 Å². The van der Waals surface area contributed by atoms with Crippen LogP contribution in [-0.2, 0) is 15.5 Å². The number of hydrogen-bond acceptors (Lipinski definition) is 7. The SMILES string of the molecule is CCN1CC(C)(C)c2cc(N=Nc3ncco3)c(S(=O)(=O)O)cc21. The second kappa shape index (κ2) is 5.67. The maximum atomic E-state index is 11.8. The number of likely N-dealkylation sites (N-methyl/N-ethyl adjacent to an activating group) is 1. The monoisotopic (exact) mass is 350 g/mol. The quantitative estimate of drug-likeness (QED) is 0.668. The van der Waals surface area contributed by atoms with Gasteiger partial charge in [0.2, 0.25) is 0 Å². The summed E-state index contributed by atoms with van der Waals surface area (Å²) in [5.74, 6) is 0. The van der Waals surface area contributed by atoms with Gasteiger partial charge in [0.15, 0.2) is 0 Å². The Morgan fingerprint density at radius 2 is 2.12 bits per heavy atom. The molecular formula is C15H18N4O4S. The molecule has 0 unspecified atom stereocenters. The van der Waals surface area contributed by atoms with E-state index >= 15 is 0 Å². The summed E-state index contributed by atoms with van der Waals surface area (Å²) in [6, 6.07) is 3.11. The van der Waals surface area contributed by atoms with Crippen molar-refractivity contribution in [2.75, 3.05) is 18.0 Å². The Bertz CT molecular complexity index is 888. The highest BCUT2D eigenvalue weighted by Gasteiger charge is 2.36. The summed E-state index contributed by atoms with van der Waals surface area (Å²) in [5, 5.41) is 7.70. The van der Waals surface area contributed by atoms with Gasteiger partial charge in [0, 0.05) is 24.2 Å². The fourth-order valence-electron chi connectivity index (χ4n) is 2.94. The summed E-state index contributed by atoms with van der Waals surface area (Å²) in [4.78, 5) is 5.59. The molecule has 8 nitrogen and oxygen atoms in total. The van der Waals surface area contributed by atoms with Crippen LogP contribution >= 0.6 is 0 Å². The Morgan fingerprint density at radius 3 is 2.71 bits per heavy atom. The molecule has 0 saturated carbocycles. The molecule has 0 radical (unpaired) electrons. The third-order valence-electron chi connectivity index (χ3n) is 4.06. The van der Waals surface area contributed by atoms with Crippen molar-refractivity contribution in [3.05, 3.63) is 30.2 Å². The van der Waals surface area contributed by atoms with Crippen LogP contribution in [-0.4, -0.2) is 31.0 Å². The minimum absolute atomic E-state index is 0.00577. The zero-order valence-corrected chi connectivity index (χ0v) is 14.4. The van der Waals surface area contributed by atoms with Crippen molar-refractivity contribution in [2.45, 2.75) is 31.1 Å². The molecule has 1 aliphatic heterocycles.